The van der Waals surface area contributed by atoms with Gasteiger partial charge >= 0.3 is 12.2 Å². The Morgan fingerprint density at radius 2 is 1.18 bits per heavy atom. The predicted molar refractivity (Wildman–Crippen MR) is 151 cm³/mol. The molecule has 7 heteroatoms. The molecule has 216 valence electrons. The van der Waals surface area contributed by atoms with Crippen LogP contribution in [-0.2, 0) is 14.2 Å². The summed E-state index contributed by atoms with van der Waals surface area (Å²) < 4.78 is 17.2. The number of ether oxygens (including phenoxy) is 3. The number of nitrogens with one attached hydrogen (secondary N) is 2. The van der Waals surface area contributed by atoms with Gasteiger partial charge in [-0.15, -0.1) is 23.7 Å². The van der Waals surface area contributed by atoms with Crippen molar-refractivity contribution in [2.24, 2.45) is 35.5 Å². The fourth-order valence-corrected chi connectivity index (χ4v) is 6.45. The maximum absolute atomic E-state index is 12.4. The Morgan fingerprint density at radius 1 is 0.718 bits per heavy atom. The number of hydrogen-bond acceptors (Lipinski definition) is 5. The van der Waals surface area contributed by atoms with Gasteiger partial charge in [-0.3, -0.25) is 0 Å². The molecule has 7 nitrogen and oxygen atoms in total. The molecule has 0 radical (unpaired) electrons. The van der Waals surface area contributed by atoms with Crippen molar-refractivity contribution in [3.8, 4) is 23.7 Å². The molecule has 0 aliphatic heterocycles. The fourth-order valence-electron chi connectivity index (χ4n) is 6.45. The molecule has 0 bridgehead atoms. The first-order valence-electron chi connectivity index (χ1n) is 15.1. The van der Waals surface area contributed by atoms with Gasteiger partial charge in [0.05, 0.1) is 18.8 Å². The summed E-state index contributed by atoms with van der Waals surface area (Å²) in [6.07, 6.45) is 8.98. The second-order valence-electron chi connectivity index (χ2n) is 13.1. The first-order chi connectivity index (χ1) is 18.7. The lowest BCUT2D eigenvalue weighted by molar-refractivity contribution is -0.0300. The first kappa shape index (κ1) is 29.6. The summed E-state index contributed by atoms with van der Waals surface area (Å²) in [5.41, 5.74) is -0.853. The largest absolute Gasteiger partial charge is 0.449 e. The van der Waals surface area contributed by atoms with Crippen LogP contribution in [-0.4, -0.2) is 49.7 Å². The molecule has 2 amide bonds. The number of carbonyl (C=O) groups excluding carboxylic acids is 2. The van der Waals surface area contributed by atoms with Gasteiger partial charge in [0.15, 0.2) is 0 Å². The summed E-state index contributed by atoms with van der Waals surface area (Å²) in [4.78, 5) is 24.6. The Kier molecular flexibility index (Phi) is 10.1. The molecule has 0 saturated heterocycles. The van der Waals surface area contributed by atoms with E-state index in [1.807, 2.05) is 27.7 Å². The van der Waals surface area contributed by atoms with Gasteiger partial charge in [0.25, 0.3) is 0 Å². The van der Waals surface area contributed by atoms with Crippen LogP contribution in [0.2, 0.25) is 0 Å². The third-order valence-corrected chi connectivity index (χ3v) is 9.15. The monoisotopic (exact) mass is 540 g/mol. The van der Waals surface area contributed by atoms with E-state index >= 15 is 0 Å². The molecule has 2 N–H and O–H groups in total. The van der Waals surface area contributed by atoms with Crippen LogP contribution in [0.5, 0.6) is 0 Å². The molecule has 2 fully saturated rings. The molecule has 2 saturated carbocycles. The Morgan fingerprint density at radius 3 is 1.67 bits per heavy atom. The number of amides is 2. The Labute approximate surface area is 235 Å². The SMILES string of the molecule is CC(C)(CCOC(C)(C)CCNC(=O)OC[C@@H]1[C@@H]2CCC#CCC[C@@H]21)NC(=O)OC[C@@H]1[C@@H]2CCC#CCC[C@@H]21. The zero-order valence-corrected chi connectivity index (χ0v) is 24.4. The quantitative estimate of drug-likeness (QED) is 0.312. The van der Waals surface area contributed by atoms with Crippen molar-refractivity contribution >= 4 is 12.2 Å². The normalized spacial score (nSPS) is 29.1. The van der Waals surface area contributed by atoms with Crippen LogP contribution >= 0.6 is 0 Å². The van der Waals surface area contributed by atoms with Crippen molar-refractivity contribution in [1.29, 1.82) is 0 Å². The van der Waals surface area contributed by atoms with Crippen molar-refractivity contribution in [1.82, 2.24) is 10.6 Å². The predicted octanol–water partition coefficient (Wildman–Crippen LogP) is 5.67. The third kappa shape index (κ3) is 9.35. The van der Waals surface area contributed by atoms with Crippen LogP contribution in [0.15, 0.2) is 0 Å². The number of alkyl carbamates (subject to hydrolysis) is 2. The summed E-state index contributed by atoms with van der Waals surface area (Å²) in [5.74, 6) is 16.5. The number of hydrogen-bond donors (Lipinski definition) is 2. The van der Waals surface area contributed by atoms with Crippen molar-refractivity contribution in [2.75, 3.05) is 26.4 Å². The Hall–Kier alpha value is -2.38. The molecular weight excluding hydrogens is 492 g/mol. The van der Waals surface area contributed by atoms with Gasteiger partial charge in [-0.05, 0) is 102 Å². The van der Waals surface area contributed by atoms with Crippen molar-refractivity contribution in [3.05, 3.63) is 0 Å². The second-order valence-corrected chi connectivity index (χ2v) is 13.1. The number of fused-ring (bicyclic) bond motifs is 2. The zero-order valence-electron chi connectivity index (χ0n) is 24.4. The van der Waals surface area contributed by atoms with Gasteiger partial charge in [-0.2, -0.15) is 0 Å². The first-order valence-corrected chi connectivity index (χ1v) is 15.1. The fraction of sp³-hybridized carbons (Fsp3) is 0.812. The molecule has 4 aliphatic rings. The van der Waals surface area contributed by atoms with E-state index in [0.717, 1.165) is 51.4 Å². The Bertz CT molecular complexity index is 948. The van der Waals surface area contributed by atoms with E-state index in [2.05, 4.69) is 34.3 Å². The second kappa shape index (κ2) is 13.3. The highest BCUT2D eigenvalue weighted by Crippen LogP contribution is 2.53. The molecule has 4 aliphatic carbocycles. The number of carbonyl (C=O) groups is 2. The lowest BCUT2D eigenvalue weighted by Gasteiger charge is -2.30. The lowest BCUT2D eigenvalue weighted by atomic mass is 10.0. The van der Waals surface area contributed by atoms with Crippen LogP contribution in [0, 0.1) is 59.2 Å². The average molecular weight is 541 g/mol. The minimum absolute atomic E-state index is 0.352. The summed E-state index contributed by atoms with van der Waals surface area (Å²) in [7, 11) is 0. The van der Waals surface area contributed by atoms with Gasteiger partial charge in [-0.1, -0.05) is 0 Å². The van der Waals surface area contributed by atoms with E-state index in [4.69, 9.17) is 14.2 Å². The third-order valence-electron chi connectivity index (χ3n) is 9.15. The van der Waals surface area contributed by atoms with E-state index in [1.165, 1.54) is 0 Å². The lowest BCUT2D eigenvalue weighted by Crippen LogP contribution is -2.45. The topological polar surface area (TPSA) is 85.9 Å². The van der Waals surface area contributed by atoms with Gasteiger partial charge in [-0.25, -0.2) is 9.59 Å². The highest BCUT2D eigenvalue weighted by molar-refractivity contribution is 5.68. The summed E-state index contributed by atoms with van der Waals surface area (Å²) in [6.45, 7) is 9.97. The smallest absolute Gasteiger partial charge is 0.407 e. The van der Waals surface area contributed by atoms with Gasteiger partial charge in [0.1, 0.15) is 0 Å². The van der Waals surface area contributed by atoms with Crippen molar-refractivity contribution in [2.45, 2.75) is 103 Å². The molecule has 0 aromatic heterocycles. The summed E-state index contributed by atoms with van der Waals surface area (Å²) in [5, 5.41) is 5.86. The number of rotatable bonds is 12. The van der Waals surface area contributed by atoms with Gasteiger partial charge < -0.3 is 24.8 Å². The molecule has 0 aromatic carbocycles. The molecule has 6 atom stereocenters. The van der Waals surface area contributed by atoms with E-state index in [-0.39, 0.29) is 12.2 Å². The Balaban J connectivity index is 1.04. The molecule has 4 rings (SSSR count). The maximum atomic E-state index is 12.4. The molecule has 0 aromatic rings. The van der Waals surface area contributed by atoms with Crippen LogP contribution in [0.1, 0.15) is 91.9 Å². The summed E-state index contributed by atoms with van der Waals surface area (Å²) in [6, 6.07) is 0. The summed E-state index contributed by atoms with van der Waals surface area (Å²) >= 11 is 0. The molecule has 0 spiro atoms. The molecule has 0 heterocycles. The van der Waals surface area contributed by atoms with E-state index in [9.17, 15) is 9.59 Å². The maximum Gasteiger partial charge on any atom is 0.407 e. The van der Waals surface area contributed by atoms with E-state index in [0.29, 0.717) is 74.7 Å². The van der Waals surface area contributed by atoms with Crippen molar-refractivity contribution < 1.29 is 23.8 Å². The highest BCUT2D eigenvalue weighted by Gasteiger charge is 2.50. The van der Waals surface area contributed by atoms with Crippen LogP contribution < -0.4 is 10.6 Å². The molecular formula is C32H48N2O5. The highest BCUT2D eigenvalue weighted by atomic mass is 16.6. The van der Waals surface area contributed by atoms with Crippen LogP contribution in [0.4, 0.5) is 9.59 Å². The van der Waals surface area contributed by atoms with Gasteiger partial charge in [0.2, 0.25) is 0 Å². The minimum atomic E-state index is -0.446. The average Bonchev–Trinajstić information content (AvgIpc) is 3.68. The minimum Gasteiger partial charge on any atom is -0.449 e. The van der Waals surface area contributed by atoms with Gasteiger partial charge in [0, 0.05) is 44.4 Å². The van der Waals surface area contributed by atoms with E-state index in [1.54, 1.807) is 0 Å². The van der Waals surface area contributed by atoms with Crippen LogP contribution in [0.25, 0.3) is 0 Å². The van der Waals surface area contributed by atoms with Crippen LogP contribution in [0.3, 0.4) is 0 Å². The van der Waals surface area contributed by atoms with Crippen molar-refractivity contribution in [3.63, 3.8) is 0 Å². The molecule has 0 unspecified atom stereocenters. The van der Waals surface area contributed by atoms with E-state index < -0.39 is 11.1 Å². The molecule has 39 heavy (non-hydrogen) atoms. The standard InChI is InChI=1S/C32H48N2O5/c1-31(2,34-30(36)38-22-28-25-15-11-7-8-12-16-26(25)28)18-20-39-32(3,4)17-19-33-29(35)37-21-27-23-13-9-5-6-10-14-24(23)27/h23-28H,9-22H2,1-4H3,(H,33,35)(H,34,36)/t23-,24+,25-,26+,27-,28-. The zero-order chi connectivity index (χ0) is 27.9.